The van der Waals surface area contributed by atoms with Gasteiger partial charge in [0.25, 0.3) is 0 Å². The van der Waals surface area contributed by atoms with Crippen LogP contribution in [0, 0.1) is 0 Å². The Kier molecular flexibility index (Phi) is 8.96. The lowest BCUT2D eigenvalue weighted by Crippen LogP contribution is -2.74. The first kappa shape index (κ1) is 38.6. The smallest absolute Gasteiger partial charge is 0.238 e. The van der Waals surface area contributed by atoms with Crippen LogP contribution in [0.4, 0.5) is 0 Å². The van der Waals surface area contributed by atoms with Crippen LogP contribution < -0.4 is 20.7 Å². The van der Waals surface area contributed by atoms with E-state index in [1.165, 1.54) is 26.3 Å². The number of aromatic nitrogens is 6. The highest BCUT2D eigenvalue weighted by atomic mass is 28.3. The summed E-state index contributed by atoms with van der Waals surface area (Å²) in [5.41, 5.74) is 8.29. The summed E-state index contributed by atoms with van der Waals surface area (Å²) in [6.45, 7) is 0. The van der Waals surface area contributed by atoms with Gasteiger partial charge >= 0.3 is 0 Å². The first-order valence-corrected chi connectivity index (χ1v) is 27.4. The van der Waals surface area contributed by atoms with Gasteiger partial charge in [0.15, 0.2) is 19.7 Å². The molecule has 0 saturated heterocycles. The van der Waals surface area contributed by atoms with Gasteiger partial charge in [-0.1, -0.05) is 236 Å². The number of nitrogens with zero attached hydrogens (tertiary/aromatic N) is 6. The molecule has 0 spiro atoms. The summed E-state index contributed by atoms with van der Waals surface area (Å²) in [5, 5.41) is 11.3. The van der Waals surface area contributed by atoms with Gasteiger partial charge < -0.3 is 9.13 Å². The minimum Gasteiger partial charge on any atom is -0.309 e. The van der Waals surface area contributed by atoms with Crippen molar-refractivity contribution in [2.45, 2.75) is 0 Å². The Morgan fingerprint density at radius 3 is 1.30 bits per heavy atom. The monoisotopic (exact) mass is 991 g/mol. The summed E-state index contributed by atoms with van der Waals surface area (Å²) in [4.78, 5) is 15.7. The summed E-state index contributed by atoms with van der Waals surface area (Å²) in [5.74, 6) is 0.447. The lowest BCUT2D eigenvalue weighted by molar-refractivity contribution is 0.950. The minimum absolute atomic E-state index is 0.0475. The molecule has 356 valence electrons. The van der Waals surface area contributed by atoms with Crippen LogP contribution in [0.25, 0.3) is 106 Å². The van der Waals surface area contributed by atoms with Gasteiger partial charge in [0.1, 0.15) is 0 Å². The Hall–Kier alpha value is -9.95. The Labute approximate surface area is 446 Å². The summed E-state index contributed by atoms with van der Waals surface area (Å²) >= 11 is 0. The average Bonchev–Trinajstić information content (AvgIpc) is 4.29. The largest absolute Gasteiger partial charge is 0.309 e. The lowest BCUT2D eigenvalue weighted by atomic mass is 10.1. The molecule has 0 aliphatic heterocycles. The molecule has 0 atom stereocenters. The van der Waals surface area contributed by atoms with Crippen LogP contribution in [-0.2, 0) is 0 Å². The van der Waals surface area contributed by atoms with Gasteiger partial charge in [0, 0.05) is 49.1 Å². The van der Waals surface area contributed by atoms with E-state index in [9.17, 15) is 2.74 Å². The maximum Gasteiger partial charge on any atom is 0.238 e. The zero-order valence-electron chi connectivity index (χ0n) is 45.9. The number of hydrogen-bond acceptors (Lipinski definition) is 3. The van der Waals surface area contributed by atoms with Crippen molar-refractivity contribution in [1.29, 1.82) is 0 Å². The van der Waals surface area contributed by atoms with Gasteiger partial charge in [-0.05, 0) is 63.2 Å². The van der Waals surface area contributed by atoms with Crippen molar-refractivity contribution < 1.29 is 6.85 Å². The molecule has 4 heterocycles. The molecule has 76 heavy (non-hydrogen) atoms. The van der Waals surface area contributed by atoms with E-state index in [-0.39, 0.29) is 23.2 Å². The molecule has 0 fully saturated rings. The number of para-hydroxylation sites is 5. The molecule has 15 rings (SSSR count). The van der Waals surface area contributed by atoms with Crippen molar-refractivity contribution in [2.24, 2.45) is 0 Å². The van der Waals surface area contributed by atoms with Crippen LogP contribution in [0.15, 0.2) is 279 Å². The Morgan fingerprint density at radius 2 is 0.750 bits per heavy atom. The van der Waals surface area contributed by atoms with Crippen LogP contribution >= 0.6 is 0 Å². The van der Waals surface area contributed by atoms with E-state index in [0.717, 1.165) is 71.2 Å². The SMILES string of the molecule is [2H]c1c([2H])c([2H])c(-c2nc(-c3ccc([Si](c4ccccc4)(c4ccccc4)c4ccccc4)cc3)nc(-n3c4ccccc4c4cccc(-n5c6ccccc6c6ccc(-n7c8ccccc8c8ccccc87)cc65)c43)n2)c([2H])c1[2H]. The number of fused-ring (bicyclic) bond motifs is 9. The van der Waals surface area contributed by atoms with Gasteiger partial charge in [-0.2, -0.15) is 9.97 Å². The molecule has 0 unspecified atom stereocenters. The predicted molar refractivity (Wildman–Crippen MR) is 317 cm³/mol. The predicted octanol–water partition coefficient (Wildman–Crippen LogP) is 13.9. The molecule has 0 saturated carbocycles. The second kappa shape index (κ2) is 17.6. The minimum atomic E-state index is -2.92. The first-order chi connectivity index (χ1) is 39.8. The van der Waals surface area contributed by atoms with Gasteiger partial charge in [0.05, 0.1) is 45.6 Å². The van der Waals surface area contributed by atoms with E-state index in [0.29, 0.717) is 5.56 Å². The number of benzene rings is 11. The highest BCUT2D eigenvalue weighted by Crippen LogP contribution is 2.41. The average molecular weight is 992 g/mol. The molecule has 4 aromatic heterocycles. The van der Waals surface area contributed by atoms with Gasteiger partial charge in [-0.3, -0.25) is 4.57 Å². The highest BCUT2D eigenvalue weighted by Gasteiger charge is 2.41. The van der Waals surface area contributed by atoms with E-state index < -0.39 is 38.3 Å². The van der Waals surface area contributed by atoms with E-state index in [2.05, 4.69) is 234 Å². The summed E-state index contributed by atoms with van der Waals surface area (Å²) in [7, 11) is -2.92. The second-order valence-corrected chi connectivity index (χ2v) is 23.0. The quantitative estimate of drug-likeness (QED) is 0.107. The number of rotatable bonds is 9. The lowest BCUT2D eigenvalue weighted by Gasteiger charge is -2.34. The molecular weight excluding hydrogens is 941 g/mol. The van der Waals surface area contributed by atoms with Crippen molar-refractivity contribution in [3.05, 3.63) is 279 Å². The van der Waals surface area contributed by atoms with Crippen LogP contribution in [0.5, 0.6) is 0 Å². The van der Waals surface area contributed by atoms with Crippen LogP contribution in [0.2, 0.25) is 0 Å². The summed E-state index contributed by atoms with van der Waals surface area (Å²) in [6.07, 6.45) is 0. The van der Waals surface area contributed by atoms with Crippen LogP contribution in [-0.4, -0.2) is 36.7 Å². The fourth-order valence-corrected chi connectivity index (χ4v) is 16.7. The van der Waals surface area contributed by atoms with Gasteiger partial charge in [0.2, 0.25) is 5.95 Å². The van der Waals surface area contributed by atoms with E-state index in [1.54, 1.807) is 0 Å². The third-order valence-electron chi connectivity index (χ3n) is 15.2. The molecule has 11 aromatic carbocycles. The van der Waals surface area contributed by atoms with Crippen molar-refractivity contribution in [3.8, 4) is 40.1 Å². The van der Waals surface area contributed by atoms with E-state index in [4.69, 9.17) is 19.1 Å². The molecule has 0 radical (unpaired) electrons. The molecule has 0 aliphatic carbocycles. The third kappa shape index (κ3) is 6.69. The normalized spacial score (nSPS) is 12.9. The van der Waals surface area contributed by atoms with E-state index in [1.807, 2.05) is 28.8 Å². The van der Waals surface area contributed by atoms with Crippen molar-refractivity contribution in [3.63, 3.8) is 0 Å². The maximum absolute atomic E-state index is 9.26. The first-order valence-electron chi connectivity index (χ1n) is 27.9. The maximum atomic E-state index is 9.26. The second-order valence-electron chi connectivity index (χ2n) is 19.2. The zero-order valence-corrected chi connectivity index (χ0v) is 41.9. The fourth-order valence-electron chi connectivity index (χ4n) is 11.9. The zero-order chi connectivity index (χ0) is 54.5. The molecule has 0 aliphatic rings. The third-order valence-corrected chi connectivity index (χ3v) is 20.0. The topological polar surface area (TPSA) is 53.5 Å². The van der Waals surface area contributed by atoms with Crippen molar-refractivity contribution >= 4 is 94.2 Å². The number of hydrogen-bond donors (Lipinski definition) is 0. The van der Waals surface area contributed by atoms with Crippen LogP contribution in [0.3, 0.4) is 0 Å². The Balaban J connectivity index is 0.997. The van der Waals surface area contributed by atoms with Crippen molar-refractivity contribution in [2.75, 3.05) is 0 Å². The molecule has 0 bridgehead atoms. The highest BCUT2D eigenvalue weighted by molar-refractivity contribution is 7.19. The van der Waals surface area contributed by atoms with Gasteiger partial charge in [-0.25, -0.2) is 4.98 Å². The molecule has 15 aromatic rings. The fraction of sp³-hybridized carbons (Fsp3) is 0. The molecular formula is C69H46N6Si. The molecule has 0 N–H and O–H groups in total. The Morgan fingerprint density at radius 1 is 0.316 bits per heavy atom. The standard InChI is InChI=1S/C69H46N6Si/c1-5-22-47(23-6-1)67-70-68(48-40-43-53(44-41-48)76(50-24-7-2-8-25-50,51-26-9-3-10-27-51)52-28-11-4-12-29-52)72-69(71-67)75-63-38-20-16-33-57(63)59-34-21-39-64(66(59)75)74-62-37-19-15-32-56(62)58-45-42-49(46-65(58)74)73-60-35-17-13-30-54(60)55-31-14-18-36-61(55)73/h1-46H/i1D,5D,6D,22D,23D. The van der Waals surface area contributed by atoms with Crippen LogP contribution in [0.1, 0.15) is 6.85 Å². The summed E-state index contributed by atoms with van der Waals surface area (Å²) < 4.78 is 51.4. The molecule has 0 amide bonds. The Bertz CT molecular complexity index is 4820. The van der Waals surface area contributed by atoms with Gasteiger partial charge in [-0.15, -0.1) is 0 Å². The molecule has 6 nitrogen and oxygen atoms in total. The summed E-state index contributed by atoms with van der Waals surface area (Å²) in [6, 6.07) is 85.2. The molecule has 7 heteroatoms. The van der Waals surface area contributed by atoms with Crippen molar-refractivity contribution in [1.82, 2.24) is 28.7 Å². The van der Waals surface area contributed by atoms with E-state index >= 15 is 0 Å².